The molecule has 0 aliphatic carbocycles. The van der Waals surface area contributed by atoms with Crippen molar-refractivity contribution in [3.05, 3.63) is 65.6 Å². The van der Waals surface area contributed by atoms with Gasteiger partial charge in [0.15, 0.2) is 11.5 Å². The molecule has 3 rings (SSSR count). The van der Waals surface area contributed by atoms with Crippen molar-refractivity contribution in [2.45, 2.75) is 32.2 Å². The predicted octanol–water partition coefficient (Wildman–Crippen LogP) is 4.06. The molecule has 0 saturated carbocycles. The standard InChI is InChI=1S/C23H27N3O5S/c1-7-10-26(32(27,28)22-16(3)11-15(2)12-17(22)4)14-21-24-23(25-31-21)18-8-9-19(29-5)20(13-18)30-6/h7-9,11-13H,1,10,14H2,2-6H3. The lowest BCUT2D eigenvalue weighted by Gasteiger charge is -2.22. The van der Waals surface area contributed by atoms with Crippen LogP contribution in [0.25, 0.3) is 11.4 Å². The highest BCUT2D eigenvalue weighted by atomic mass is 32.2. The van der Waals surface area contributed by atoms with Gasteiger partial charge in [0.1, 0.15) is 0 Å². The highest BCUT2D eigenvalue weighted by Crippen LogP contribution is 2.31. The number of aromatic nitrogens is 2. The molecular formula is C23H27N3O5S. The topological polar surface area (TPSA) is 94.8 Å². The second-order valence-electron chi connectivity index (χ2n) is 7.40. The largest absolute Gasteiger partial charge is 0.493 e. The SMILES string of the molecule is C=CCN(Cc1nc(-c2ccc(OC)c(OC)c2)no1)S(=O)(=O)c1c(C)cc(C)cc1C. The van der Waals surface area contributed by atoms with Crippen LogP contribution in [0, 0.1) is 20.8 Å². The third-order valence-electron chi connectivity index (χ3n) is 4.96. The van der Waals surface area contributed by atoms with Crippen LogP contribution in [-0.4, -0.2) is 43.6 Å². The molecule has 0 atom stereocenters. The number of nitrogens with zero attached hydrogens (tertiary/aromatic N) is 3. The third kappa shape index (κ3) is 4.68. The summed E-state index contributed by atoms with van der Waals surface area (Å²) in [6.07, 6.45) is 1.53. The van der Waals surface area contributed by atoms with E-state index in [2.05, 4.69) is 16.7 Å². The smallest absolute Gasteiger partial charge is 0.244 e. The zero-order valence-electron chi connectivity index (χ0n) is 18.9. The van der Waals surface area contributed by atoms with Crippen molar-refractivity contribution in [2.75, 3.05) is 20.8 Å². The van der Waals surface area contributed by atoms with Crippen molar-refractivity contribution in [1.29, 1.82) is 0 Å². The highest BCUT2D eigenvalue weighted by Gasteiger charge is 2.29. The third-order valence-corrected chi connectivity index (χ3v) is 7.07. The Hall–Kier alpha value is -3.17. The Bertz CT molecular complexity index is 1210. The Morgan fingerprint density at radius 1 is 1.06 bits per heavy atom. The van der Waals surface area contributed by atoms with Gasteiger partial charge in [0.25, 0.3) is 0 Å². The number of aryl methyl sites for hydroxylation is 3. The van der Waals surface area contributed by atoms with Gasteiger partial charge >= 0.3 is 0 Å². The molecule has 0 amide bonds. The average Bonchev–Trinajstić information content (AvgIpc) is 3.20. The van der Waals surface area contributed by atoms with Gasteiger partial charge < -0.3 is 14.0 Å². The summed E-state index contributed by atoms with van der Waals surface area (Å²) < 4.78 is 44.1. The van der Waals surface area contributed by atoms with E-state index in [0.717, 1.165) is 5.56 Å². The summed E-state index contributed by atoms with van der Waals surface area (Å²) in [6.45, 7) is 9.24. The first-order valence-corrected chi connectivity index (χ1v) is 11.4. The number of methoxy groups -OCH3 is 2. The van der Waals surface area contributed by atoms with Crippen molar-refractivity contribution in [3.8, 4) is 22.9 Å². The molecule has 8 nitrogen and oxygen atoms in total. The number of hydrogen-bond donors (Lipinski definition) is 0. The Kier molecular flexibility index (Phi) is 7.00. The molecule has 0 radical (unpaired) electrons. The van der Waals surface area contributed by atoms with Gasteiger partial charge in [-0.3, -0.25) is 0 Å². The average molecular weight is 458 g/mol. The molecule has 170 valence electrons. The summed E-state index contributed by atoms with van der Waals surface area (Å²) in [5.74, 6) is 1.59. The van der Waals surface area contributed by atoms with Gasteiger partial charge in [0, 0.05) is 12.1 Å². The Balaban J connectivity index is 1.93. The molecule has 32 heavy (non-hydrogen) atoms. The summed E-state index contributed by atoms with van der Waals surface area (Å²) in [5, 5.41) is 4.00. The molecule has 0 bridgehead atoms. The fourth-order valence-corrected chi connectivity index (χ4v) is 5.43. The molecule has 1 heterocycles. The molecule has 0 N–H and O–H groups in total. The molecule has 0 unspecified atom stereocenters. The molecule has 1 aromatic heterocycles. The maximum Gasteiger partial charge on any atom is 0.244 e. The van der Waals surface area contributed by atoms with Gasteiger partial charge in [-0.15, -0.1) is 6.58 Å². The van der Waals surface area contributed by atoms with Crippen molar-refractivity contribution >= 4 is 10.0 Å². The van der Waals surface area contributed by atoms with E-state index in [1.54, 1.807) is 39.2 Å². The Morgan fingerprint density at radius 2 is 1.72 bits per heavy atom. The van der Waals surface area contributed by atoms with Crippen LogP contribution in [0.1, 0.15) is 22.6 Å². The van der Waals surface area contributed by atoms with E-state index in [-0.39, 0.29) is 23.9 Å². The Morgan fingerprint density at radius 3 is 2.31 bits per heavy atom. The lowest BCUT2D eigenvalue weighted by atomic mass is 10.1. The van der Waals surface area contributed by atoms with Crippen LogP contribution >= 0.6 is 0 Å². The molecular weight excluding hydrogens is 430 g/mol. The quantitative estimate of drug-likeness (QED) is 0.447. The fourth-order valence-electron chi connectivity index (χ4n) is 3.66. The minimum atomic E-state index is -3.82. The number of rotatable bonds is 9. The van der Waals surface area contributed by atoms with E-state index in [1.807, 2.05) is 19.1 Å². The van der Waals surface area contributed by atoms with Crippen LogP contribution in [0.3, 0.4) is 0 Å². The number of sulfonamides is 1. The van der Waals surface area contributed by atoms with Crippen LogP contribution < -0.4 is 9.47 Å². The van der Waals surface area contributed by atoms with Crippen molar-refractivity contribution < 1.29 is 22.4 Å². The first kappa shape index (κ1) is 23.5. The lowest BCUT2D eigenvalue weighted by Crippen LogP contribution is -2.32. The summed E-state index contributed by atoms with van der Waals surface area (Å²) in [5.41, 5.74) is 3.04. The lowest BCUT2D eigenvalue weighted by molar-refractivity contribution is 0.327. The number of ether oxygens (including phenoxy) is 2. The minimum Gasteiger partial charge on any atom is -0.493 e. The van der Waals surface area contributed by atoms with Crippen LogP contribution in [0.2, 0.25) is 0 Å². The van der Waals surface area contributed by atoms with E-state index in [0.29, 0.717) is 34.0 Å². The Labute approximate surface area is 188 Å². The van der Waals surface area contributed by atoms with Crippen LogP contribution in [0.5, 0.6) is 11.5 Å². The molecule has 0 fully saturated rings. The van der Waals surface area contributed by atoms with Gasteiger partial charge in [0.05, 0.1) is 25.7 Å². The first-order chi connectivity index (χ1) is 15.2. The van der Waals surface area contributed by atoms with E-state index < -0.39 is 10.0 Å². The van der Waals surface area contributed by atoms with E-state index in [1.165, 1.54) is 17.5 Å². The normalized spacial score (nSPS) is 11.6. The maximum atomic E-state index is 13.5. The van der Waals surface area contributed by atoms with E-state index >= 15 is 0 Å². The summed E-state index contributed by atoms with van der Waals surface area (Å²) in [6, 6.07) is 8.95. The molecule has 2 aromatic carbocycles. The highest BCUT2D eigenvalue weighted by molar-refractivity contribution is 7.89. The monoisotopic (exact) mass is 457 g/mol. The molecule has 0 saturated heterocycles. The van der Waals surface area contributed by atoms with Crippen molar-refractivity contribution in [2.24, 2.45) is 0 Å². The number of benzene rings is 2. The summed E-state index contributed by atoms with van der Waals surface area (Å²) in [7, 11) is -0.727. The fraction of sp³-hybridized carbons (Fsp3) is 0.304. The predicted molar refractivity (Wildman–Crippen MR) is 121 cm³/mol. The van der Waals surface area contributed by atoms with Gasteiger partial charge in [-0.2, -0.15) is 9.29 Å². The van der Waals surface area contributed by atoms with Gasteiger partial charge in [-0.05, 0) is 50.1 Å². The van der Waals surface area contributed by atoms with Crippen LogP contribution in [-0.2, 0) is 16.6 Å². The van der Waals surface area contributed by atoms with E-state index in [4.69, 9.17) is 14.0 Å². The summed E-state index contributed by atoms with van der Waals surface area (Å²) in [4.78, 5) is 4.67. The molecule has 0 spiro atoms. The van der Waals surface area contributed by atoms with Crippen molar-refractivity contribution in [1.82, 2.24) is 14.4 Å². The first-order valence-electron chi connectivity index (χ1n) is 9.95. The molecule has 0 aliphatic rings. The molecule has 3 aromatic rings. The summed E-state index contributed by atoms with van der Waals surface area (Å²) >= 11 is 0. The van der Waals surface area contributed by atoms with Gasteiger partial charge in [-0.1, -0.05) is 28.9 Å². The number of hydrogen-bond acceptors (Lipinski definition) is 7. The van der Waals surface area contributed by atoms with Crippen molar-refractivity contribution in [3.63, 3.8) is 0 Å². The molecule has 0 aliphatic heterocycles. The van der Waals surface area contributed by atoms with Crippen LogP contribution in [0.4, 0.5) is 0 Å². The second-order valence-corrected chi connectivity index (χ2v) is 9.27. The minimum absolute atomic E-state index is 0.0819. The zero-order chi connectivity index (χ0) is 23.5. The second kappa shape index (κ2) is 9.54. The van der Waals surface area contributed by atoms with Gasteiger partial charge in [0.2, 0.25) is 21.7 Å². The zero-order valence-corrected chi connectivity index (χ0v) is 19.7. The van der Waals surface area contributed by atoms with Crippen LogP contribution in [0.15, 0.2) is 52.4 Å². The maximum absolute atomic E-state index is 13.5. The molecule has 9 heteroatoms. The van der Waals surface area contributed by atoms with Gasteiger partial charge in [-0.25, -0.2) is 8.42 Å². The van der Waals surface area contributed by atoms with E-state index in [9.17, 15) is 8.42 Å².